The van der Waals surface area contributed by atoms with Crippen LogP contribution in [0.3, 0.4) is 0 Å². The van der Waals surface area contributed by atoms with E-state index in [-0.39, 0.29) is 0 Å². The number of nitrogens with zero attached hydrogens (tertiary/aromatic N) is 1. The number of benzene rings is 2. The van der Waals surface area contributed by atoms with Crippen molar-refractivity contribution in [1.29, 1.82) is 0 Å². The van der Waals surface area contributed by atoms with Crippen molar-refractivity contribution in [3.63, 3.8) is 0 Å². The molecule has 0 saturated heterocycles. The van der Waals surface area contributed by atoms with E-state index in [0.29, 0.717) is 29.8 Å². The van der Waals surface area contributed by atoms with E-state index in [1.165, 1.54) is 0 Å². The summed E-state index contributed by atoms with van der Waals surface area (Å²) < 4.78 is 22.8. The minimum Gasteiger partial charge on any atom is -0.493 e. The number of methoxy groups -OCH3 is 2. The third-order valence-electron chi connectivity index (χ3n) is 3.54. The second-order valence-electron chi connectivity index (χ2n) is 5.32. The molecule has 0 aromatic heterocycles. The summed E-state index contributed by atoms with van der Waals surface area (Å²) in [4.78, 5) is 5.32. The van der Waals surface area contributed by atoms with Gasteiger partial charge in [0, 0.05) is 28.9 Å². The summed E-state index contributed by atoms with van der Waals surface area (Å²) in [5.74, 6) is 2.40. The first kappa shape index (κ1) is 19.8. The van der Waals surface area contributed by atoms with Gasteiger partial charge < -0.3 is 20.1 Å². The highest BCUT2D eigenvalue weighted by Gasteiger charge is 2.07. The maximum absolute atomic E-state index is 12.3. The average Bonchev–Trinajstić information content (AvgIpc) is 2.68. The smallest absolute Gasteiger partial charge is 0.195 e. The molecule has 0 heterocycles. The van der Waals surface area contributed by atoms with Crippen molar-refractivity contribution in [1.82, 2.24) is 5.32 Å². The summed E-state index contributed by atoms with van der Waals surface area (Å²) in [6.45, 7) is 3.17. The molecule has 6 nitrogen and oxygen atoms in total. The highest BCUT2D eigenvalue weighted by molar-refractivity contribution is 7.85. The lowest BCUT2D eigenvalue weighted by Gasteiger charge is -2.13. The third-order valence-corrected chi connectivity index (χ3v) is 4.89. The van der Waals surface area contributed by atoms with Gasteiger partial charge in [0.05, 0.1) is 31.6 Å². The summed E-state index contributed by atoms with van der Waals surface area (Å²) in [6.07, 6.45) is 0. The largest absolute Gasteiger partial charge is 0.493 e. The molecule has 1 unspecified atom stereocenters. The molecule has 0 saturated carbocycles. The summed E-state index contributed by atoms with van der Waals surface area (Å²) >= 11 is 0. The van der Waals surface area contributed by atoms with Gasteiger partial charge in [-0.25, -0.2) is 0 Å². The van der Waals surface area contributed by atoms with E-state index in [4.69, 9.17) is 9.47 Å². The predicted octanol–water partition coefficient (Wildman–Crippen LogP) is 2.89. The zero-order valence-electron chi connectivity index (χ0n) is 15.3. The molecule has 140 valence electrons. The van der Waals surface area contributed by atoms with Gasteiger partial charge in [0.2, 0.25) is 0 Å². The molecule has 7 heteroatoms. The van der Waals surface area contributed by atoms with Crippen molar-refractivity contribution in [2.45, 2.75) is 11.8 Å². The minimum atomic E-state index is -1.06. The van der Waals surface area contributed by atoms with Crippen LogP contribution in [0.1, 0.15) is 6.92 Å². The van der Waals surface area contributed by atoms with Gasteiger partial charge in [0.1, 0.15) is 0 Å². The van der Waals surface area contributed by atoms with Gasteiger partial charge in [-0.05, 0) is 31.2 Å². The van der Waals surface area contributed by atoms with Crippen LogP contribution < -0.4 is 20.1 Å². The van der Waals surface area contributed by atoms with E-state index < -0.39 is 10.8 Å². The van der Waals surface area contributed by atoms with Crippen LogP contribution in [0.25, 0.3) is 0 Å². The molecule has 0 bridgehead atoms. The number of anilines is 1. The van der Waals surface area contributed by atoms with Crippen LogP contribution in [-0.4, -0.2) is 43.2 Å². The summed E-state index contributed by atoms with van der Waals surface area (Å²) in [5, 5.41) is 6.40. The molecule has 0 amide bonds. The Labute approximate surface area is 157 Å². The van der Waals surface area contributed by atoms with Gasteiger partial charge in [-0.1, -0.05) is 18.2 Å². The van der Waals surface area contributed by atoms with Crippen LogP contribution in [0.4, 0.5) is 5.69 Å². The quantitative estimate of drug-likeness (QED) is 0.548. The van der Waals surface area contributed by atoms with E-state index in [9.17, 15) is 4.21 Å². The first-order chi connectivity index (χ1) is 12.7. The average molecular weight is 375 g/mol. The Balaban J connectivity index is 2.01. The second kappa shape index (κ2) is 10.5. The lowest BCUT2D eigenvalue weighted by molar-refractivity contribution is 0.355. The molecular formula is C19H25N3O3S. The Morgan fingerprint density at radius 3 is 2.46 bits per heavy atom. The van der Waals surface area contributed by atoms with Crippen LogP contribution in [0, 0.1) is 0 Å². The predicted molar refractivity (Wildman–Crippen MR) is 107 cm³/mol. The van der Waals surface area contributed by atoms with Crippen LogP contribution in [0.15, 0.2) is 58.4 Å². The molecule has 1 atom stereocenters. The van der Waals surface area contributed by atoms with E-state index in [2.05, 4.69) is 15.6 Å². The molecule has 0 aliphatic heterocycles. The number of hydrogen-bond donors (Lipinski definition) is 2. The topological polar surface area (TPSA) is 72.0 Å². The summed E-state index contributed by atoms with van der Waals surface area (Å²) in [6, 6.07) is 15.0. The van der Waals surface area contributed by atoms with Gasteiger partial charge >= 0.3 is 0 Å². The second-order valence-corrected chi connectivity index (χ2v) is 6.89. The van der Waals surface area contributed by atoms with Crippen molar-refractivity contribution < 1.29 is 13.7 Å². The zero-order chi connectivity index (χ0) is 18.8. The fraction of sp³-hybridized carbons (Fsp3) is 0.316. The SMILES string of the molecule is CCNC(=NCCS(=O)c1ccccc1)Nc1ccc(OC)c(OC)c1. The van der Waals surface area contributed by atoms with Crippen LogP contribution in [-0.2, 0) is 10.8 Å². The number of rotatable bonds is 8. The van der Waals surface area contributed by atoms with Crippen LogP contribution in [0.2, 0.25) is 0 Å². The lowest BCUT2D eigenvalue weighted by atomic mass is 10.3. The first-order valence-electron chi connectivity index (χ1n) is 8.38. The third kappa shape index (κ3) is 5.77. The molecule has 0 aliphatic carbocycles. The van der Waals surface area contributed by atoms with Gasteiger partial charge in [-0.3, -0.25) is 9.20 Å². The molecule has 2 rings (SSSR count). The van der Waals surface area contributed by atoms with E-state index in [0.717, 1.165) is 17.1 Å². The molecule has 0 spiro atoms. The lowest BCUT2D eigenvalue weighted by Crippen LogP contribution is -2.31. The zero-order valence-corrected chi connectivity index (χ0v) is 16.1. The minimum absolute atomic E-state index is 0.449. The number of aliphatic imine (C=N–C) groups is 1. The van der Waals surface area contributed by atoms with E-state index in [1.54, 1.807) is 14.2 Å². The first-order valence-corrected chi connectivity index (χ1v) is 9.70. The van der Waals surface area contributed by atoms with Crippen molar-refractivity contribution in [2.75, 3.05) is 38.4 Å². The number of nitrogens with one attached hydrogen (secondary N) is 2. The number of guanidine groups is 1. The maximum atomic E-state index is 12.3. The molecule has 2 N–H and O–H groups in total. The molecule has 2 aromatic carbocycles. The van der Waals surface area contributed by atoms with Gasteiger partial charge in [0.25, 0.3) is 0 Å². The van der Waals surface area contributed by atoms with Crippen molar-refractivity contribution in [3.05, 3.63) is 48.5 Å². The number of ether oxygens (including phenoxy) is 2. The van der Waals surface area contributed by atoms with Crippen molar-refractivity contribution in [2.24, 2.45) is 4.99 Å². The Kier molecular flexibility index (Phi) is 7.95. The van der Waals surface area contributed by atoms with E-state index in [1.807, 2.05) is 55.5 Å². The molecule has 2 aromatic rings. The fourth-order valence-corrected chi connectivity index (χ4v) is 3.24. The maximum Gasteiger partial charge on any atom is 0.195 e. The van der Waals surface area contributed by atoms with Crippen molar-refractivity contribution in [3.8, 4) is 11.5 Å². The number of hydrogen-bond acceptors (Lipinski definition) is 4. The molecule has 0 fully saturated rings. The fourth-order valence-electron chi connectivity index (χ4n) is 2.29. The summed E-state index contributed by atoms with van der Waals surface area (Å²) in [5.41, 5.74) is 0.825. The van der Waals surface area contributed by atoms with E-state index >= 15 is 0 Å². The Bertz CT molecular complexity index is 751. The molecule has 26 heavy (non-hydrogen) atoms. The highest BCUT2D eigenvalue weighted by Crippen LogP contribution is 2.29. The molecular weight excluding hydrogens is 350 g/mol. The normalized spacial score (nSPS) is 12.3. The van der Waals surface area contributed by atoms with Crippen LogP contribution >= 0.6 is 0 Å². The monoisotopic (exact) mass is 375 g/mol. The Morgan fingerprint density at radius 1 is 1.08 bits per heavy atom. The van der Waals surface area contributed by atoms with Gasteiger partial charge in [-0.2, -0.15) is 0 Å². The Hall–Kier alpha value is -2.54. The summed E-state index contributed by atoms with van der Waals surface area (Å²) in [7, 11) is 2.14. The Morgan fingerprint density at radius 2 is 1.81 bits per heavy atom. The molecule has 0 radical (unpaired) electrons. The van der Waals surface area contributed by atoms with Gasteiger partial charge in [-0.15, -0.1) is 0 Å². The van der Waals surface area contributed by atoms with Gasteiger partial charge in [0.15, 0.2) is 17.5 Å². The molecule has 0 aliphatic rings. The highest BCUT2D eigenvalue weighted by atomic mass is 32.2. The standard InChI is InChI=1S/C19H25N3O3S/c1-4-20-19(21-12-13-26(23)16-8-6-5-7-9-16)22-15-10-11-17(24-2)18(14-15)25-3/h5-11,14H,4,12-13H2,1-3H3,(H2,20,21,22). The van der Waals surface area contributed by atoms with Crippen molar-refractivity contribution >= 4 is 22.4 Å². The van der Waals surface area contributed by atoms with Crippen LogP contribution in [0.5, 0.6) is 11.5 Å².